The van der Waals surface area contributed by atoms with Crippen molar-refractivity contribution in [2.75, 3.05) is 23.7 Å². The maximum atomic E-state index is 13.9. The minimum absolute atomic E-state index is 0.0488. The number of hydrogen-bond acceptors (Lipinski definition) is 3. The van der Waals surface area contributed by atoms with Gasteiger partial charge in [-0.2, -0.15) is 0 Å². The van der Waals surface area contributed by atoms with Gasteiger partial charge < -0.3 is 10.6 Å². The predicted molar refractivity (Wildman–Crippen MR) is 109 cm³/mol. The van der Waals surface area contributed by atoms with E-state index < -0.39 is 11.9 Å². The number of amides is 2. The Morgan fingerprint density at radius 1 is 1.18 bits per heavy atom. The van der Waals surface area contributed by atoms with Crippen molar-refractivity contribution >= 4 is 34.8 Å². The molecule has 0 spiro atoms. The van der Waals surface area contributed by atoms with Crippen LogP contribution in [-0.2, 0) is 9.59 Å². The monoisotopic (exact) mass is 403 g/mol. The summed E-state index contributed by atoms with van der Waals surface area (Å²) in [6.07, 6.45) is 1.59. The molecule has 3 rings (SSSR count). The number of carbonyl (C=O) groups is 2. The molecular formula is C21H23ClFN3O2. The van der Waals surface area contributed by atoms with E-state index in [1.54, 1.807) is 6.92 Å². The molecule has 5 nitrogen and oxygen atoms in total. The fraction of sp³-hybridized carbons (Fsp3) is 0.333. The van der Waals surface area contributed by atoms with E-state index in [-0.39, 0.29) is 28.4 Å². The van der Waals surface area contributed by atoms with Gasteiger partial charge in [0.25, 0.3) is 0 Å². The third kappa shape index (κ3) is 5.09. The molecule has 1 fully saturated rings. The Hall–Kier alpha value is -2.44. The molecule has 0 aromatic heterocycles. The van der Waals surface area contributed by atoms with Crippen molar-refractivity contribution < 1.29 is 14.0 Å². The Morgan fingerprint density at radius 3 is 2.64 bits per heavy atom. The zero-order valence-corrected chi connectivity index (χ0v) is 16.4. The molecular weight excluding hydrogens is 381 g/mol. The van der Waals surface area contributed by atoms with Crippen LogP contribution in [0.25, 0.3) is 0 Å². The van der Waals surface area contributed by atoms with Crippen LogP contribution in [0, 0.1) is 11.7 Å². The first-order chi connectivity index (χ1) is 13.4. The molecule has 2 aromatic rings. The average Bonchev–Trinajstić information content (AvgIpc) is 2.70. The van der Waals surface area contributed by atoms with E-state index in [0.717, 1.165) is 24.6 Å². The normalized spacial score (nSPS) is 18.3. The third-order valence-electron chi connectivity index (χ3n) is 4.98. The molecule has 1 aliphatic heterocycles. The van der Waals surface area contributed by atoms with E-state index in [9.17, 15) is 14.0 Å². The lowest BCUT2D eigenvalue weighted by atomic mass is 9.95. The van der Waals surface area contributed by atoms with Crippen LogP contribution in [0.2, 0.25) is 5.02 Å². The van der Waals surface area contributed by atoms with Crippen LogP contribution in [0.15, 0.2) is 48.5 Å². The van der Waals surface area contributed by atoms with Gasteiger partial charge in [-0.25, -0.2) is 4.39 Å². The molecule has 1 heterocycles. The zero-order chi connectivity index (χ0) is 20.1. The van der Waals surface area contributed by atoms with E-state index >= 15 is 0 Å². The molecule has 7 heteroatoms. The number of hydrogen-bond donors (Lipinski definition) is 2. The van der Waals surface area contributed by atoms with Crippen molar-refractivity contribution in [1.29, 1.82) is 0 Å². The Kier molecular flexibility index (Phi) is 6.65. The standard InChI is InChI=1S/C21H23ClFN3O2/c1-14(20(27)25-19-10-9-16(22)12-18(19)23)26-11-5-6-15(13-26)21(28)24-17-7-3-2-4-8-17/h2-4,7-10,12,14-15H,5-6,11,13H2,1H3,(H,24,28)(H,25,27)/t14-,15+/m0/s1. The van der Waals surface area contributed by atoms with Gasteiger partial charge in [0.1, 0.15) is 5.82 Å². The first-order valence-electron chi connectivity index (χ1n) is 9.30. The molecule has 2 aromatic carbocycles. The highest BCUT2D eigenvalue weighted by Gasteiger charge is 2.31. The number of nitrogens with one attached hydrogen (secondary N) is 2. The van der Waals surface area contributed by atoms with E-state index in [2.05, 4.69) is 10.6 Å². The second kappa shape index (κ2) is 9.17. The van der Waals surface area contributed by atoms with Gasteiger partial charge in [0.2, 0.25) is 11.8 Å². The summed E-state index contributed by atoms with van der Waals surface area (Å²) >= 11 is 5.74. The average molecular weight is 404 g/mol. The lowest BCUT2D eigenvalue weighted by Crippen LogP contribution is -2.49. The molecule has 2 atom stereocenters. The van der Waals surface area contributed by atoms with Gasteiger partial charge in [0.15, 0.2) is 0 Å². The fourth-order valence-corrected chi connectivity index (χ4v) is 3.49. The minimum Gasteiger partial charge on any atom is -0.326 e. The molecule has 0 bridgehead atoms. The van der Waals surface area contributed by atoms with Crippen molar-refractivity contribution in [3.05, 3.63) is 59.4 Å². The number of halogens is 2. The SMILES string of the molecule is C[C@@H](C(=O)Nc1ccc(Cl)cc1F)N1CCC[C@@H](C(=O)Nc2ccccc2)C1. The molecule has 0 radical (unpaired) electrons. The number of piperidine rings is 1. The Labute approximate surface area is 168 Å². The molecule has 0 aliphatic carbocycles. The lowest BCUT2D eigenvalue weighted by Gasteiger charge is -2.35. The summed E-state index contributed by atoms with van der Waals surface area (Å²) in [5, 5.41) is 5.80. The van der Waals surface area contributed by atoms with Crippen LogP contribution in [0.3, 0.4) is 0 Å². The first-order valence-corrected chi connectivity index (χ1v) is 9.67. The van der Waals surface area contributed by atoms with Gasteiger partial charge in [-0.1, -0.05) is 29.8 Å². The van der Waals surface area contributed by atoms with Gasteiger partial charge >= 0.3 is 0 Å². The molecule has 1 aliphatic rings. The maximum absolute atomic E-state index is 13.9. The molecule has 2 N–H and O–H groups in total. The van der Waals surface area contributed by atoms with Crippen molar-refractivity contribution in [1.82, 2.24) is 4.90 Å². The minimum atomic E-state index is -0.577. The number of para-hydroxylation sites is 1. The summed E-state index contributed by atoms with van der Waals surface area (Å²) in [7, 11) is 0. The second-order valence-corrected chi connectivity index (χ2v) is 7.42. The van der Waals surface area contributed by atoms with Crippen LogP contribution in [-0.4, -0.2) is 35.8 Å². The lowest BCUT2D eigenvalue weighted by molar-refractivity contribution is -0.125. The highest BCUT2D eigenvalue weighted by atomic mass is 35.5. The number of benzene rings is 2. The molecule has 0 saturated carbocycles. The number of anilines is 2. The predicted octanol–water partition coefficient (Wildman–Crippen LogP) is 4.16. The van der Waals surface area contributed by atoms with Crippen molar-refractivity contribution in [3.63, 3.8) is 0 Å². The van der Waals surface area contributed by atoms with E-state index in [4.69, 9.17) is 11.6 Å². The van der Waals surface area contributed by atoms with E-state index in [0.29, 0.717) is 13.1 Å². The van der Waals surface area contributed by atoms with Crippen LogP contribution >= 0.6 is 11.6 Å². The molecule has 1 saturated heterocycles. The highest BCUT2D eigenvalue weighted by molar-refractivity contribution is 6.30. The Balaban J connectivity index is 1.59. The third-order valence-corrected chi connectivity index (χ3v) is 5.22. The number of nitrogens with zero attached hydrogens (tertiary/aromatic N) is 1. The van der Waals surface area contributed by atoms with Crippen molar-refractivity contribution in [2.24, 2.45) is 5.92 Å². The Morgan fingerprint density at radius 2 is 1.93 bits per heavy atom. The number of carbonyl (C=O) groups excluding carboxylic acids is 2. The fourth-order valence-electron chi connectivity index (χ4n) is 3.33. The molecule has 0 unspecified atom stereocenters. The van der Waals surface area contributed by atoms with Gasteiger partial charge in [0.05, 0.1) is 17.6 Å². The molecule has 148 valence electrons. The maximum Gasteiger partial charge on any atom is 0.241 e. The van der Waals surface area contributed by atoms with Gasteiger partial charge in [-0.3, -0.25) is 14.5 Å². The van der Waals surface area contributed by atoms with Gasteiger partial charge in [-0.15, -0.1) is 0 Å². The molecule has 2 amide bonds. The first kappa shape index (κ1) is 20.3. The van der Waals surface area contributed by atoms with E-state index in [1.165, 1.54) is 12.1 Å². The quantitative estimate of drug-likeness (QED) is 0.788. The van der Waals surface area contributed by atoms with Gasteiger partial charge in [-0.05, 0) is 56.6 Å². The summed E-state index contributed by atoms with van der Waals surface area (Å²) in [5.74, 6) is -1.14. The van der Waals surface area contributed by atoms with Crippen LogP contribution in [0.4, 0.5) is 15.8 Å². The Bertz CT molecular complexity index is 847. The van der Waals surface area contributed by atoms with E-state index in [1.807, 2.05) is 35.2 Å². The zero-order valence-electron chi connectivity index (χ0n) is 15.6. The van der Waals surface area contributed by atoms with Crippen molar-refractivity contribution in [2.45, 2.75) is 25.8 Å². The summed E-state index contributed by atoms with van der Waals surface area (Å²) in [6.45, 7) is 2.96. The summed E-state index contributed by atoms with van der Waals surface area (Å²) in [5.41, 5.74) is 0.852. The summed E-state index contributed by atoms with van der Waals surface area (Å²) in [6, 6.07) is 12.9. The second-order valence-electron chi connectivity index (χ2n) is 6.98. The smallest absolute Gasteiger partial charge is 0.241 e. The number of likely N-dealkylation sites (tertiary alicyclic amines) is 1. The van der Waals surface area contributed by atoms with Crippen LogP contribution in [0.5, 0.6) is 0 Å². The summed E-state index contributed by atoms with van der Waals surface area (Å²) < 4.78 is 13.9. The molecule has 28 heavy (non-hydrogen) atoms. The number of rotatable bonds is 5. The van der Waals surface area contributed by atoms with Crippen LogP contribution in [0.1, 0.15) is 19.8 Å². The van der Waals surface area contributed by atoms with Crippen LogP contribution < -0.4 is 10.6 Å². The van der Waals surface area contributed by atoms with Crippen molar-refractivity contribution in [3.8, 4) is 0 Å². The van der Waals surface area contributed by atoms with Gasteiger partial charge in [0, 0.05) is 17.3 Å². The summed E-state index contributed by atoms with van der Waals surface area (Å²) in [4.78, 5) is 27.1. The largest absolute Gasteiger partial charge is 0.326 e. The highest BCUT2D eigenvalue weighted by Crippen LogP contribution is 2.23. The topological polar surface area (TPSA) is 61.4 Å².